The molecule has 4 nitrogen and oxygen atoms in total. The largest absolute Gasteiger partial charge is 0.491 e. The maximum absolute atomic E-state index is 14.7. The van der Waals surface area contributed by atoms with Gasteiger partial charge in [-0.05, 0) is 56.0 Å². The van der Waals surface area contributed by atoms with E-state index in [1.54, 1.807) is 6.07 Å². The Bertz CT molecular complexity index is 1030. The first-order valence-electron chi connectivity index (χ1n) is 10.8. The number of aryl methyl sites for hydroxylation is 1. The fraction of sp³-hybridized carbons (Fsp3) is 0.360. The summed E-state index contributed by atoms with van der Waals surface area (Å²) >= 11 is 0. The number of benzene rings is 2. The summed E-state index contributed by atoms with van der Waals surface area (Å²) in [4.78, 5) is 2.07. The number of rotatable bonds is 8. The third kappa shape index (κ3) is 4.59. The van der Waals surface area contributed by atoms with Crippen LogP contribution in [0.25, 0.3) is 5.57 Å². The number of allylic oxidation sites excluding steroid dienone is 2. The van der Waals surface area contributed by atoms with Gasteiger partial charge in [-0.1, -0.05) is 19.1 Å². The molecule has 1 saturated carbocycles. The summed E-state index contributed by atoms with van der Waals surface area (Å²) in [6, 6.07) is 8.18. The van der Waals surface area contributed by atoms with Gasteiger partial charge in [-0.25, -0.2) is 8.78 Å². The fourth-order valence-electron chi connectivity index (χ4n) is 3.86. The van der Waals surface area contributed by atoms with E-state index in [0.29, 0.717) is 36.2 Å². The quantitative estimate of drug-likeness (QED) is 0.506. The zero-order valence-corrected chi connectivity index (χ0v) is 17.9. The molecule has 2 aliphatic rings. The maximum atomic E-state index is 14.7. The van der Waals surface area contributed by atoms with Crippen molar-refractivity contribution in [1.29, 1.82) is 0 Å². The lowest BCUT2D eigenvalue weighted by atomic mass is 9.94. The van der Waals surface area contributed by atoms with Gasteiger partial charge in [0.2, 0.25) is 0 Å². The van der Waals surface area contributed by atoms with Crippen LogP contribution in [0, 0.1) is 18.6 Å². The SMILES string of the molecule is CC/C=C1/C(OCCCO)=CN(C2CC2)c2cc(F)cc(Nc3ccc(C)cc3F)c21. The normalized spacial score (nSPS) is 16.9. The van der Waals surface area contributed by atoms with Crippen LogP contribution in [0.3, 0.4) is 0 Å². The lowest BCUT2D eigenvalue weighted by molar-refractivity contribution is 0.185. The fourth-order valence-corrected chi connectivity index (χ4v) is 3.86. The summed E-state index contributed by atoms with van der Waals surface area (Å²) in [5, 5.41) is 12.3. The molecule has 0 saturated heterocycles. The standard InChI is InChI=1S/C25H28F2N2O2/c1-3-5-19-24(31-11-4-10-30)15-29(18-7-8-18)23-14-17(26)13-22(25(19)23)28-21-9-6-16(2)12-20(21)27/h5-6,9,12-15,18,28,30H,3-4,7-8,10-11H2,1-2H3/b19-5-. The van der Waals surface area contributed by atoms with Gasteiger partial charge in [0.15, 0.2) is 0 Å². The number of hydrogen-bond donors (Lipinski definition) is 2. The van der Waals surface area contributed by atoms with Crippen molar-refractivity contribution < 1.29 is 18.6 Å². The highest BCUT2D eigenvalue weighted by Crippen LogP contribution is 2.47. The second kappa shape index (κ2) is 9.10. The number of nitrogens with zero attached hydrogens (tertiary/aromatic N) is 1. The van der Waals surface area contributed by atoms with E-state index in [-0.39, 0.29) is 18.2 Å². The van der Waals surface area contributed by atoms with E-state index in [1.807, 2.05) is 32.2 Å². The highest BCUT2D eigenvalue weighted by molar-refractivity contribution is 5.96. The minimum Gasteiger partial charge on any atom is -0.491 e. The highest BCUT2D eigenvalue weighted by atomic mass is 19.1. The second-order valence-electron chi connectivity index (χ2n) is 8.04. The van der Waals surface area contributed by atoms with E-state index < -0.39 is 0 Å². The zero-order chi connectivity index (χ0) is 22.0. The van der Waals surface area contributed by atoms with Gasteiger partial charge in [-0.15, -0.1) is 0 Å². The number of aliphatic hydroxyl groups is 1. The summed E-state index contributed by atoms with van der Waals surface area (Å²) in [6.45, 7) is 4.29. The van der Waals surface area contributed by atoms with Gasteiger partial charge in [0, 0.05) is 36.4 Å². The van der Waals surface area contributed by atoms with Crippen LogP contribution in [-0.2, 0) is 4.74 Å². The van der Waals surface area contributed by atoms with Crippen molar-refractivity contribution in [2.75, 3.05) is 23.4 Å². The van der Waals surface area contributed by atoms with Crippen LogP contribution in [0.4, 0.5) is 25.8 Å². The Morgan fingerprint density at radius 3 is 2.68 bits per heavy atom. The Morgan fingerprint density at radius 1 is 1.19 bits per heavy atom. The number of aliphatic hydroxyl groups excluding tert-OH is 1. The van der Waals surface area contributed by atoms with Crippen LogP contribution in [0.5, 0.6) is 0 Å². The van der Waals surface area contributed by atoms with Crippen LogP contribution < -0.4 is 10.2 Å². The van der Waals surface area contributed by atoms with E-state index in [2.05, 4.69) is 10.2 Å². The van der Waals surface area contributed by atoms with Crippen molar-refractivity contribution in [3.8, 4) is 0 Å². The first-order chi connectivity index (χ1) is 15.0. The molecule has 2 N–H and O–H groups in total. The average molecular weight is 427 g/mol. The Kier molecular flexibility index (Phi) is 6.28. The third-order valence-electron chi connectivity index (χ3n) is 5.45. The van der Waals surface area contributed by atoms with Crippen molar-refractivity contribution in [1.82, 2.24) is 0 Å². The molecule has 4 rings (SSSR count). The number of fused-ring (bicyclic) bond motifs is 1. The van der Waals surface area contributed by atoms with E-state index in [4.69, 9.17) is 9.84 Å². The van der Waals surface area contributed by atoms with Crippen LogP contribution in [-0.4, -0.2) is 24.4 Å². The van der Waals surface area contributed by atoms with Crippen LogP contribution in [0.15, 0.2) is 48.4 Å². The molecular formula is C25H28F2N2O2. The van der Waals surface area contributed by atoms with Gasteiger partial charge in [0.1, 0.15) is 17.4 Å². The summed E-state index contributed by atoms with van der Waals surface area (Å²) in [5.41, 5.74) is 4.02. The number of ether oxygens (including phenoxy) is 1. The molecule has 0 amide bonds. The van der Waals surface area contributed by atoms with Crippen LogP contribution in [0.2, 0.25) is 0 Å². The minimum atomic E-state index is -0.385. The number of anilines is 3. The van der Waals surface area contributed by atoms with Crippen molar-refractivity contribution in [3.05, 3.63) is 71.1 Å². The van der Waals surface area contributed by atoms with E-state index in [1.165, 1.54) is 18.2 Å². The van der Waals surface area contributed by atoms with E-state index >= 15 is 0 Å². The molecule has 0 radical (unpaired) electrons. The molecule has 0 aromatic heterocycles. The summed E-state index contributed by atoms with van der Waals surface area (Å²) < 4.78 is 35.3. The minimum absolute atomic E-state index is 0.0494. The smallest absolute Gasteiger partial charge is 0.146 e. The second-order valence-corrected chi connectivity index (χ2v) is 8.04. The Morgan fingerprint density at radius 2 is 2.00 bits per heavy atom. The summed E-state index contributed by atoms with van der Waals surface area (Å²) in [5.74, 6) is -0.0779. The molecular weight excluding hydrogens is 398 g/mol. The first kappa shape index (κ1) is 21.4. The molecule has 2 aromatic carbocycles. The molecule has 1 aliphatic heterocycles. The van der Waals surface area contributed by atoms with Crippen LogP contribution in [0.1, 0.15) is 43.7 Å². The number of nitrogens with one attached hydrogen (secondary N) is 1. The van der Waals surface area contributed by atoms with Crippen molar-refractivity contribution >= 4 is 22.6 Å². The molecule has 1 aliphatic carbocycles. The molecule has 0 unspecified atom stereocenters. The Hall–Kier alpha value is -2.86. The molecule has 0 atom stereocenters. The zero-order valence-electron chi connectivity index (χ0n) is 17.9. The number of hydrogen-bond acceptors (Lipinski definition) is 4. The van der Waals surface area contributed by atoms with Crippen molar-refractivity contribution in [3.63, 3.8) is 0 Å². The first-order valence-corrected chi connectivity index (χ1v) is 10.8. The predicted octanol–water partition coefficient (Wildman–Crippen LogP) is 6.03. The van der Waals surface area contributed by atoms with E-state index in [0.717, 1.165) is 41.6 Å². The number of halogens is 2. The maximum Gasteiger partial charge on any atom is 0.146 e. The molecule has 1 fully saturated rings. The predicted molar refractivity (Wildman–Crippen MR) is 120 cm³/mol. The lowest BCUT2D eigenvalue weighted by Crippen LogP contribution is -2.25. The monoisotopic (exact) mass is 426 g/mol. The Balaban J connectivity index is 1.82. The Labute approximate surface area is 181 Å². The molecule has 0 spiro atoms. The van der Waals surface area contributed by atoms with Gasteiger partial charge in [0.05, 0.1) is 23.7 Å². The van der Waals surface area contributed by atoms with E-state index in [9.17, 15) is 8.78 Å². The molecule has 1 heterocycles. The van der Waals surface area contributed by atoms with Crippen LogP contribution >= 0.6 is 0 Å². The average Bonchev–Trinajstić information content (AvgIpc) is 3.56. The summed E-state index contributed by atoms with van der Waals surface area (Å²) in [6.07, 6.45) is 7.32. The van der Waals surface area contributed by atoms with Gasteiger partial charge >= 0.3 is 0 Å². The molecule has 164 valence electrons. The molecule has 31 heavy (non-hydrogen) atoms. The van der Waals surface area contributed by atoms with Crippen molar-refractivity contribution in [2.45, 2.75) is 45.6 Å². The topological polar surface area (TPSA) is 44.7 Å². The summed E-state index contributed by atoms with van der Waals surface area (Å²) in [7, 11) is 0. The van der Waals surface area contributed by atoms with Gasteiger partial charge in [-0.3, -0.25) is 0 Å². The molecule has 0 bridgehead atoms. The van der Waals surface area contributed by atoms with Gasteiger partial charge in [0.25, 0.3) is 0 Å². The highest BCUT2D eigenvalue weighted by Gasteiger charge is 2.35. The lowest BCUT2D eigenvalue weighted by Gasteiger charge is -2.33. The third-order valence-corrected chi connectivity index (χ3v) is 5.45. The molecule has 6 heteroatoms. The van der Waals surface area contributed by atoms with Gasteiger partial charge in [-0.2, -0.15) is 0 Å². The van der Waals surface area contributed by atoms with Gasteiger partial charge < -0.3 is 20.1 Å². The van der Waals surface area contributed by atoms with Crippen molar-refractivity contribution in [2.24, 2.45) is 0 Å². The molecule has 2 aromatic rings.